The molecule has 3 aliphatic carbocycles. The van der Waals surface area contributed by atoms with Crippen molar-refractivity contribution in [2.75, 3.05) is 30.6 Å². The van der Waals surface area contributed by atoms with Crippen LogP contribution in [-0.2, 0) is 28.7 Å². The molecule has 0 radical (unpaired) electrons. The van der Waals surface area contributed by atoms with E-state index >= 15 is 0 Å². The molecule has 42 heavy (non-hydrogen) atoms. The fraction of sp³-hybridized carbons (Fsp3) is 0.387. The van der Waals surface area contributed by atoms with Crippen molar-refractivity contribution in [2.24, 2.45) is 29.1 Å². The lowest BCUT2D eigenvalue weighted by molar-refractivity contribution is -0.152. The number of carbonyl (C=O) groups is 5. The van der Waals surface area contributed by atoms with Gasteiger partial charge >= 0.3 is 5.97 Å². The van der Waals surface area contributed by atoms with Gasteiger partial charge in [-0.05, 0) is 68.0 Å². The molecule has 2 unspecified atom stereocenters. The maximum absolute atomic E-state index is 14.3. The maximum Gasteiger partial charge on any atom is 0.334 e. The molecule has 0 N–H and O–H groups in total. The van der Waals surface area contributed by atoms with E-state index in [1.54, 1.807) is 69.3 Å². The number of benzene rings is 2. The summed E-state index contributed by atoms with van der Waals surface area (Å²) in [5.41, 5.74) is -0.279. The number of halogens is 1. The van der Waals surface area contributed by atoms with Crippen LogP contribution >= 0.6 is 15.9 Å². The molecule has 1 saturated carbocycles. The summed E-state index contributed by atoms with van der Waals surface area (Å²) >= 11 is 3.77. The number of allylic oxidation sites excluding steroid dienone is 1. The van der Waals surface area contributed by atoms with Crippen molar-refractivity contribution in [1.29, 1.82) is 0 Å². The predicted octanol–water partition coefficient (Wildman–Crippen LogP) is 3.66. The van der Waals surface area contributed by atoms with Crippen LogP contribution < -0.4 is 19.3 Å². The highest BCUT2D eigenvalue weighted by Crippen LogP contribution is 2.72. The summed E-state index contributed by atoms with van der Waals surface area (Å²) in [7, 11) is 3.02. The van der Waals surface area contributed by atoms with Crippen molar-refractivity contribution >= 4 is 56.9 Å². The van der Waals surface area contributed by atoms with E-state index in [2.05, 4.69) is 15.9 Å². The normalized spacial score (nSPS) is 31.5. The molecule has 0 spiro atoms. The first-order chi connectivity index (χ1) is 20.0. The Morgan fingerprint density at radius 1 is 0.762 bits per heavy atom. The monoisotopic (exact) mass is 636 g/mol. The van der Waals surface area contributed by atoms with Gasteiger partial charge in [-0.15, -0.1) is 0 Å². The molecule has 10 nitrogen and oxygen atoms in total. The van der Waals surface area contributed by atoms with Crippen LogP contribution in [0.15, 0.2) is 59.7 Å². The summed E-state index contributed by atoms with van der Waals surface area (Å²) in [6, 6.07) is 13.0. The molecule has 2 aromatic carbocycles. The van der Waals surface area contributed by atoms with Gasteiger partial charge in [0.05, 0.1) is 60.2 Å². The summed E-state index contributed by atoms with van der Waals surface area (Å²) in [6.45, 7) is 5.05. The number of ether oxygens (including phenoxy) is 3. The van der Waals surface area contributed by atoms with Crippen LogP contribution in [0.2, 0.25) is 0 Å². The molecular weight excluding hydrogens is 608 g/mol. The molecule has 3 fully saturated rings. The fourth-order valence-corrected chi connectivity index (χ4v) is 8.82. The zero-order valence-corrected chi connectivity index (χ0v) is 25.3. The summed E-state index contributed by atoms with van der Waals surface area (Å²) < 4.78 is 14.4. The van der Waals surface area contributed by atoms with Gasteiger partial charge < -0.3 is 14.2 Å². The van der Waals surface area contributed by atoms with Crippen molar-refractivity contribution in [3.05, 3.63) is 59.7 Å². The third-order valence-corrected chi connectivity index (χ3v) is 11.0. The number of amides is 4. The lowest BCUT2D eigenvalue weighted by atomic mass is 9.43. The third-order valence-electron chi connectivity index (χ3n) is 9.44. The average molecular weight is 637 g/mol. The highest BCUT2D eigenvalue weighted by atomic mass is 79.9. The highest BCUT2D eigenvalue weighted by molar-refractivity contribution is 9.10. The van der Waals surface area contributed by atoms with Crippen molar-refractivity contribution in [3.8, 4) is 11.5 Å². The second-order valence-electron chi connectivity index (χ2n) is 11.1. The Bertz CT molecular complexity index is 1490. The second-order valence-corrected chi connectivity index (χ2v) is 12.4. The minimum atomic E-state index is -1.51. The van der Waals surface area contributed by atoms with Gasteiger partial charge in [-0.25, -0.2) is 14.6 Å². The van der Waals surface area contributed by atoms with Crippen LogP contribution in [0, 0.1) is 29.1 Å². The van der Waals surface area contributed by atoms with Crippen LogP contribution in [0.1, 0.15) is 20.8 Å². The van der Waals surface area contributed by atoms with Crippen LogP contribution in [0.4, 0.5) is 11.4 Å². The highest BCUT2D eigenvalue weighted by Gasteiger charge is 2.81. The summed E-state index contributed by atoms with van der Waals surface area (Å²) in [5.74, 6) is -6.01. The molecular formula is C31H29BrN2O8. The van der Waals surface area contributed by atoms with Crippen LogP contribution in [0.5, 0.6) is 11.5 Å². The van der Waals surface area contributed by atoms with E-state index in [4.69, 9.17) is 14.2 Å². The molecule has 5 aliphatic rings. The van der Waals surface area contributed by atoms with E-state index in [1.807, 2.05) is 0 Å². The SMILES string of the molecule is CCOC(=O)C1=C(C)C2(Br)[C@@H]3C(=O)N(c4ccc(OC)cc4)C(=O)[C@H]3C1(C)[C@@H]1C(=O)N(c3ccc(OC)cc3)C(=O)[C@@H]12. The molecule has 2 saturated heterocycles. The van der Waals surface area contributed by atoms with Gasteiger partial charge in [-0.2, -0.15) is 0 Å². The maximum atomic E-state index is 14.3. The molecule has 7 rings (SSSR count). The van der Waals surface area contributed by atoms with Gasteiger partial charge in [0.2, 0.25) is 23.6 Å². The Balaban J connectivity index is 1.55. The number of methoxy groups -OCH3 is 2. The Hall–Kier alpha value is -3.99. The topological polar surface area (TPSA) is 120 Å². The lowest BCUT2D eigenvalue weighted by Gasteiger charge is -2.59. The molecule has 11 heteroatoms. The second kappa shape index (κ2) is 9.52. The molecule has 2 aromatic rings. The molecule has 2 bridgehead atoms. The zero-order chi connectivity index (χ0) is 30.3. The van der Waals surface area contributed by atoms with Crippen molar-refractivity contribution in [3.63, 3.8) is 0 Å². The quantitative estimate of drug-likeness (QED) is 0.268. The molecule has 6 atom stereocenters. The van der Waals surface area contributed by atoms with Gasteiger partial charge in [0.25, 0.3) is 0 Å². The Kier molecular flexibility index (Phi) is 6.38. The van der Waals surface area contributed by atoms with Gasteiger partial charge in [-0.1, -0.05) is 22.9 Å². The zero-order valence-electron chi connectivity index (χ0n) is 23.7. The van der Waals surface area contributed by atoms with Gasteiger partial charge in [0, 0.05) is 11.0 Å². The minimum Gasteiger partial charge on any atom is -0.497 e. The average Bonchev–Trinajstić information content (AvgIpc) is 3.42. The molecule has 2 aliphatic heterocycles. The number of imide groups is 2. The standard InChI is InChI=1S/C31H29BrN2O8/c1-6-42-29(39)20-15(2)31(32)23-21(25(35)33(27(23)37)16-7-11-18(40-4)12-8-16)30(20,3)22-24(31)28(38)34(26(22)36)17-9-13-19(41-5)14-10-17/h7-14,21-24H,6H2,1-5H3/t21-,22-,23-,24+,30?,31?/m0/s1. The largest absolute Gasteiger partial charge is 0.497 e. The lowest BCUT2D eigenvalue weighted by Crippen LogP contribution is -2.67. The first-order valence-electron chi connectivity index (χ1n) is 13.6. The Morgan fingerprint density at radius 2 is 1.14 bits per heavy atom. The summed E-state index contributed by atoms with van der Waals surface area (Å²) in [6.07, 6.45) is 0. The first kappa shape index (κ1) is 28.1. The van der Waals surface area contributed by atoms with Crippen LogP contribution in [-0.4, -0.2) is 54.7 Å². The molecule has 218 valence electrons. The number of hydrogen-bond donors (Lipinski definition) is 0. The number of alkyl halides is 1. The van der Waals surface area contributed by atoms with E-state index < -0.39 is 63.0 Å². The molecule has 4 amide bonds. The summed E-state index contributed by atoms with van der Waals surface area (Å²) in [5, 5.41) is 0. The minimum absolute atomic E-state index is 0.0683. The fourth-order valence-electron chi connectivity index (χ4n) is 7.70. The van der Waals surface area contributed by atoms with E-state index in [0.717, 1.165) is 9.80 Å². The number of carbonyl (C=O) groups excluding carboxylic acids is 5. The van der Waals surface area contributed by atoms with Gasteiger partial charge in [0.15, 0.2) is 0 Å². The Labute approximate surface area is 250 Å². The van der Waals surface area contributed by atoms with E-state index in [9.17, 15) is 24.0 Å². The van der Waals surface area contributed by atoms with E-state index in [0.29, 0.717) is 28.4 Å². The summed E-state index contributed by atoms with van der Waals surface area (Å²) in [4.78, 5) is 73.0. The van der Waals surface area contributed by atoms with E-state index in [1.165, 1.54) is 14.2 Å². The smallest absolute Gasteiger partial charge is 0.334 e. The number of rotatable bonds is 6. The van der Waals surface area contributed by atoms with E-state index in [-0.39, 0.29) is 12.2 Å². The Morgan fingerprint density at radius 3 is 1.50 bits per heavy atom. The van der Waals surface area contributed by atoms with Gasteiger partial charge in [0.1, 0.15) is 11.5 Å². The van der Waals surface area contributed by atoms with Crippen LogP contribution in [0.25, 0.3) is 0 Å². The van der Waals surface area contributed by atoms with Gasteiger partial charge in [-0.3, -0.25) is 19.2 Å². The van der Waals surface area contributed by atoms with Crippen molar-refractivity contribution in [1.82, 2.24) is 0 Å². The van der Waals surface area contributed by atoms with Crippen molar-refractivity contribution < 1.29 is 38.2 Å². The number of esters is 1. The van der Waals surface area contributed by atoms with Crippen LogP contribution in [0.3, 0.4) is 0 Å². The number of nitrogens with zero attached hydrogens (tertiary/aromatic N) is 2. The number of anilines is 2. The van der Waals surface area contributed by atoms with Crippen molar-refractivity contribution in [2.45, 2.75) is 25.1 Å². The molecule has 0 aromatic heterocycles. The number of hydrogen-bond acceptors (Lipinski definition) is 8. The predicted molar refractivity (Wildman–Crippen MR) is 154 cm³/mol. The molecule has 2 heterocycles. The third kappa shape index (κ3) is 3.34. The first-order valence-corrected chi connectivity index (χ1v) is 14.4.